The molecule has 2 heterocycles. The molecular weight excluding hydrogens is 226 g/mol. The summed E-state index contributed by atoms with van der Waals surface area (Å²) in [6.45, 7) is 0.637. The fourth-order valence-electron chi connectivity index (χ4n) is 1.76. The summed E-state index contributed by atoms with van der Waals surface area (Å²) in [5.41, 5.74) is 2.77. The van der Waals surface area contributed by atoms with Gasteiger partial charge in [0.1, 0.15) is 6.33 Å². The maximum atomic E-state index is 4.16. The van der Waals surface area contributed by atoms with E-state index in [2.05, 4.69) is 25.5 Å². The number of fused-ring (bicyclic) bond motifs is 1. The van der Waals surface area contributed by atoms with Gasteiger partial charge in [0.2, 0.25) is 0 Å². The van der Waals surface area contributed by atoms with Crippen molar-refractivity contribution in [1.29, 1.82) is 0 Å². The predicted octanol–water partition coefficient (Wildman–Crippen LogP) is 2.03. The first-order valence-electron chi connectivity index (χ1n) is 5.63. The van der Waals surface area contributed by atoms with Gasteiger partial charge in [-0.1, -0.05) is 18.2 Å². The van der Waals surface area contributed by atoms with E-state index in [1.54, 1.807) is 18.7 Å². The van der Waals surface area contributed by atoms with Crippen molar-refractivity contribution >= 4 is 16.6 Å². The smallest absolute Gasteiger partial charge is 0.115 e. The van der Waals surface area contributed by atoms with E-state index in [9.17, 15) is 0 Å². The van der Waals surface area contributed by atoms with Crippen LogP contribution in [-0.4, -0.2) is 20.2 Å². The Labute approximate surface area is 104 Å². The van der Waals surface area contributed by atoms with Gasteiger partial charge in [0.15, 0.2) is 0 Å². The van der Waals surface area contributed by atoms with Gasteiger partial charge in [0.05, 0.1) is 29.6 Å². The largest absolute Gasteiger partial charge is 0.378 e. The second-order valence-corrected chi connectivity index (χ2v) is 3.83. The molecule has 1 N–H and O–H groups in total. The first-order chi connectivity index (χ1) is 8.93. The number of hydrogen-bond acceptors (Lipinski definition) is 5. The zero-order valence-electron chi connectivity index (χ0n) is 9.61. The Kier molecular flexibility index (Phi) is 2.79. The normalized spacial score (nSPS) is 10.4. The van der Waals surface area contributed by atoms with Gasteiger partial charge in [-0.2, -0.15) is 10.2 Å². The quantitative estimate of drug-likeness (QED) is 0.755. The lowest BCUT2D eigenvalue weighted by Gasteiger charge is -2.07. The van der Waals surface area contributed by atoms with Crippen molar-refractivity contribution in [1.82, 2.24) is 20.2 Å². The first kappa shape index (κ1) is 10.6. The summed E-state index contributed by atoms with van der Waals surface area (Å²) in [6.07, 6.45) is 5.00. The number of anilines is 1. The number of benzene rings is 1. The second kappa shape index (κ2) is 4.75. The average Bonchev–Trinajstić information content (AvgIpc) is 2.46. The maximum Gasteiger partial charge on any atom is 0.115 e. The van der Waals surface area contributed by atoms with Crippen LogP contribution in [0.4, 0.5) is 5.69 Å². The minimum atomic E-state index is 0.637. The van der Waals surface area contributed by atoms with Crippen molar-refractivity contribution in [3.8, 4) is 0 Å². The highest BCUT2D eigenvalue weighted by atomic mass is 15.1. The number of aromatic nitrogens is 4. The molecule has 0 aliphatic rings. The highest BCUT2D eigenvalue weighted by Crippen LogP contribution is 2.19. The number of nitrogens with zero attached hydrogens (tertiary/aromatic N) is 4. The van der Waals surface area contributed by atoms with Crippen LogP contribution in [0, 0.1) is 0 Å². The van der Waals surface area contributed by atoms with Gasteiger partial charge in [-0.15, -0.1) is 0 Å². The summed E-state index contributed by atoms with van der Waals surface area (Å²) in [5.74, 6) is 0. The molecule has 88 valence electrons. The third kappa shape index (κ3) is 2.10. The summed E-state index contributed by atoms with van der Waals surface area (Å²) >= 11 is 0. The average molecular weight is 237 g/mol. The molecular formula is C13H11N5. The van der Waals surface area contributed by atoms with Gasteiger partial charge in [-0.25, -0.2) is 9.97 Å². The highest BCUT2D eigenvalue weighted by molar-refractivity contribution is 5.90. The zero-order chi connectivity index (χ0) is 12.2. The van der Waals surface area contributed by atoms with Crippen molar-refractivity contribution in [2.24, 2.45) is 0 Å². The molecule has 5 heteroatoms. The van der Waals surface area contributed by atoms with Crippen molar-refractivity contribution in [3.63, 3.8) is 0 Å². The van der Waals surface area contributed by atoms with E-state index in [0.29, 0.717) is 6.54 Å². The van der Waals surface area contributed by atoms with Crippen LogP contribution < -0.4 is 5.32 Å². The summed E-state index contributed by atoms with van der Waals surface area (Å²) < 4.78 is 0. The first-order valence-corrected chi connectivity index (χ1v) is 5.63. The molecule has 0 fully saturated rings. The van der Waals surface area contributed by atoms with E-state index in [1.807, 2.05) is 30.3 Å². The lowest BCUT2D eigenvalue weighted by atomic mass is 10.2. The Morgan fingerprint density at radius 1 is 1.11 bits per heavy atom. The van der Waals surface area contributed by atoms with Crippen LogP contribution in [0.5, 0.6) is 0 Å². The summed E-state index contributed by atoms with van der Waals surface area (Å²) in [5, 5.41) is 12.4. The van der Waals surface area contributed by atoms with Crippen LogP contribution in [0.15, 0.2) is 49.1 Å². The summed E-state index contributed by atoms with van der Waals surface area (Å²) in [4.78, 5) is 8.05. The van der Waals surface area contributed by atoms with E-state index in [-0.39, 0.29) is 0 Å². The molecule has 0 bridgehead atoms. The Hall–Kier alpha value is -2.56. The van der Waals surface area contributed by atoms with Gasteiger partial charge < -0.3 is 5.32 Å². The van der Waals surface area contributed by atoms with Crippen LogP contribution in [0.1, 0.15) is 5.69 Å². The van der Waals surface area contributed by atoms with Gasteiger partial charge in [0, 0.05) is 11.6 Å². The SMILES string of the molecule is c1ccc2c(NCc3ccncn3)cnnc2c1. The van der Waals surface area contributed by atoms with Gasteiger partial charge in [-0.05, 0) is 12.1 Å². The summed E-state index contributed by atoms with van der Waals surface area (Å²) in [7, 11) is 0. The number of hydrogen-bond donors (Lipinski definition) is 1. The number of rotatable bonds is 3. The van der Waals surface area contributed by atoms with E-state index in [1.165, 1.54) is 0 Å². The fraction of sp³-hybridized carbons (Fsp3) is 0.0769. The molecule has 2 aromatic heterocycles. The Bertz CT molecular complexity index is 648. The molecule has 0 radical (unpaired) electrons. The van der Waals surface area contributed by atoms with Crippen LogP contribution in [0.2, 0.25) is 0 Å². The molecule has 0 saturated carbocycles. The molecule has 5 nitrogen and oxygen atoms in total. The van der Waals surface area contributed by atoms with Gasteiger partial charge >= 0.3 is 0 Å². The minimum Gasteiger partial charge on any atom is -0.378 e. The second-order valence-electron chi connectivity index (χ2n) is 3.83. The standard InChI is InChI=1S/C13H11N5/c1-2-4-12-11(3-1)13(8-17-18-12)15-7-10-5-6-14-9-16-10/h1-6,8-9H,7H2,(H,15,18). The molecule has 18 heavy (non-hydrogen) atoms. The van der Waals surface area contributed by atoms with E-state index in [0.717, 1.165) is 22.3 Å². The molecule has 0 aliphatic carbocycles. The van der Waals surface area contributed by atoms with Crippen molar-refractivity contribution in [3.05, 3.63) is 54.7 Å². The Morgan fingerprint density at radius 3 is 2.94 bits per heavy atom. The summed E-state index contributed by atoms with van der Waals surface area (Å²) in [6, 6.07) is 9.78. The zero-order valence-corrected chi connectivity index (χ0v) is 9.61. The third-order valence-electron chi connectivity index (χ3n) is 2.65. The highest BCUT2D eigenvalue weighted by Gasteiger charge is 2.01. The molecule has 0 spiro atoms. The van der Waals surface area contributed by atoms with Crippen LogP contribution >= 0.6 is 0 Å². The topological polar surface area (TPSA) is 63.6 Å². The Morgan fingerprint density at radius 2 is 2.06 bits per heavy atom. The molecule has 0 unspecified atom stereocenters. The monoisotopic (exact) mass is 237 g/mol. The van der Waals surface area contributed by atoms with Gasteiger partial charge in [-0.3, -0.25) is 0 Å². The van der Waals surface area contributed by atoms with Gasteiger partial charge in [0.25, 0.3) is 0 Å². The fourth-order valence-corrected chi connectivity index (χ4v) is 1.76. The molecule has 0 atom stereocenters. The lowest BCUT2D eigenvalue weighted by Crippen LogP contribution is -2.03. The lowest BCUT2D eigenvalue weighted by molar-refractivity contribution is 0.999. The minimum absolute atomic E-state index is 0.637. The van der Waals surface area contributed by atoms with Crippen molar-refractivity contribution in [2.75, 3.05) is 5.32 Å². The van der Waals surface area contributed by atoms with E-state index < -0.39 is 0 Å². The molecule has 3 rings (SSSR count). The Balaban J connectivity index is 1.87. The molecule has 1 aromatic carbocycles. The maximum absolute atomic E-state index is 4.16. The molecule has 0 aliphatic heterocycles. The van der Waals surface area contributed by atoms with Crippen LogP contribution in [0.3, 0.4) is 0 Å². The van der Waals surface area contributed by atoms with Crippen molar-refractivity contribution in [2.45, 2.75) is 6.54 Å². The predicted molar refractivity (Wildman–Crippen MR) is 68.9 cm³/mol. The number of nitrogens with one attached hydrogen (secondary N) is 1. The molecule has 0 saturated heterocycles. The van der Waals surface area contributed by atoms with Crippen LogP contribution in [0.25, 0.3) is 10.9 Å². The third-order valence-corrected chi connectivity index (χ3v) is 2.65. The van der Waals surface area contributed by atoms with Crippen molar-refractivity contribution < 1.29 is 0 Å². The van der Waals surface area contributed by atoms with E-state index in [4.69, 9.17) is 0 Å². The molecule has 0 amide bonds. The molecule has 3 aromatic rings. The van der Waals surface area contributed by atoms with E-state index >= 15 is 0 Å². The van der Waals surface area contributed by atoms with Crippen LogP contribution in [-0.2, 0) is 6.54 Å².